The molecule has 10 nitrogen and oxygen atoms in total. The van der Waals surface area contributed by atoms with Crippen LogP contribution < -0.4 is 10.6 Å². The third-order valence-electron chi connectivity index (χ3n) is 6.25. The van der Waals surface area contributed by atoms with Crippen molar-refractivity contribution in [3.63, 3.8) is 0 Å². The Hall–Kier alpha value is -4.70. The zero-order valence-electron chi connectivity index (χ0n) is 18.6. The number of pyridine rings is 2. The van der Waals surface area contributed by atoms with Gasteiger partial charge in [-0.05, 0) is 35.9 Å². The number of imidazole rings is 1. The van der Waals surface area contributed by atoms with Crippen LogP contribution in [0, 0.1) is 0 Å². The van der Waals surface area contributed by atoms with Gasteiger partial charge in [-0.1, -0.05) is 12.1 Å². The normalized spacial score (nSPS) is 14.0. The van der Waals surface area contributed by atoms with E-state index in [2.05, 4.69) is 36.1 Å². The molecule has 4 N–H and O–H groups in total. The number of anilines is 1. The van der Waals surface area contributed by atoms with Crippen LogP contribution in [0.5, 0.6) is 0 Å². The number of aromatic amines is 2. The van der Waals surface area contributed by atoms with Crippen molar-refractivity contribution >= 4 is 27.9 Å². The molecule has 0 spiro atoms. The highest BCUT2D eigenvalue weighted by Gasteiger charge is 2.25. The van der Waals surface area contributed by atoms with Crippen molar-refractivity contribution in [2.45, 2.75) is 6.04 Å². The van der Waals surface area contributed by atoms with Crippen molar-refractivity contribution in [3.8, 4) is 34.0 Å². The summed E-state index contributed by atoms with van der Waals surface area (Å²) in [5.74, 6) is 1.45. The number of benzene rings is 1. The minimum absolute atomic E-state index is 0.186. The van der Waals surface area contributed by atoms with E-state index in [4.69, 9.17) is 20.7 Å². The van der Waals surface area contributed by atoms with Crippen molar-refractivity contribution in [2.75, 3.05) is 18.0 Å². The third kappa shape index (κ3) is 3.30. The average molecular weight is 461 g/mol. The summed E-state index contributed by atoms with van der Waals surface area (Å²) >= 11 is 0. The summed E-state index contributed by atoms with van der Waals surface area (Å²) in [5, 5.41) is 7.59. The standard InChI is InChI=1S/C25H20N10/c26-15-12-35(13-15)21-11-28-10-20(29-21)17-4-5-19-23(30-17)24(34-33-19)25-31-18-3-1-2-16(22(18)32-25)14-6-8-27-9-7-14/h1-11,15H,12-13,26H2,(H,31,32)(H,33,34). The second-order valence-electron chi connectivity index (χ2n) is 8.62. The van der Waals surface area contributed by atoms with Crippen LogP contribution in [0.25, 0.3) is 56.1 Å². The topological polar surface area (TPSA) is 138 Å². The summed E-state index contributed by atoms with van der Waals surface area (Å²) in [5.41, 5.74) is 13.4. The number of nitrogens with zero attached hydrogens (tertiary/aromatic N) is 7. The first kappa shape index (κ1) is 19.7. The Morgan fingerprint density at radius 1 is 0.829 bits per heavy atom. The number of H-pyrrole nitrogens is 2. The first-order valence-corrected chi connectivity index (χ1v) is 11.3. The third-order valence-corrected chi connectivity index (χ3v) is 6.25. The van der Waals surface area contributed by atoms with Gasteiger partial charge < -0.3 is 15.6 Å². The summed E-state index contributed by atoms with van der Waals surface area (Å²) in [6.45, 7) is 1.56. The number of aromatic nitrogens is 8. The van der Waals surface area contributed by atoms with Gasteiger partial charge in [0.1, 0.15) is 17.0 Å². The van der Waals surface area contributed by atoms with Gasteiger partial charge in [-0.3, -0.25) is 15.1 Å². The molecule has 7 rings (SSSR count). The largest absolute Gasteiger partial charge is 0.352 e. The molecule has 0 bridgehead atoms. The fourth-order valence-electron chi connectivity index (χ4n) is 4.45. The number of hydrogen-bond donors (Lipinski definition) is 3. The Morgan fingerprint density at radius 2 is 1.71 bits per heavy atom. The van der Waals surface area contributed by atoms with E-state index >= 15 is 0 Å². The first-order valence-electron chi connectivity index (χ1n) is 11.3. The van der Waals surface area contributed by atoms with E-state index in [0.29, 0.717) is 28.4 Å². The molecular formula is C25H20N10. The Balaban J connectivity index is 1.31. The molecule has 1 saturated heterocycles. The maximum absolute atomic E-state index is 5.92. The van der Waals surface area contributed by atoms with E-state index in [1.807, 2.05) is 36.4 Å². The van der Waals surface area contributed by atoms with Crippen molar-refractivity contribution < 1.29 is 0 Å². The average Bonchev–Trinajstić information content (AvgIpc) is 3.51. The monoisotopic (exact) mass is 460 g/mol. The SMILES string of the molecule is NC1CN(c2cncc(-c3ccc4[nH]nc(-c5nc6c(-c7ccncc7)cccc6[nH]5)c4n3)n2)C1. The molecule has 6 aromatic rings. The van der Waals surface area contributed by atoms with Crippen LogP contribution in [-0.2, 0) is 0 Å². The second kappa shape index (κ2) is 7.67. The molecule has 6 heterocycles. The number of nitrogens with two attached hydrogens (primary N) is 1. The van der Waals surface area contributed by atoms with E-state index in [9.17, 15) is 0 Å². The van der Waals surface area contributed by atoms with Crippen LogP contribution in [0.2, 0.25) is 0 Å². The lowest BCUT2D eigenvalue weighted by Crippen LogP contribution is -2.56. The summed E-state index contributed by atoms with van der Waals surface area (Å²) in [7, 11) is 0. The van der Waals surface area contributed by atoms with Gasteiger partial charge >= 0.3 is 0 Å². The lowest BCUT2D eigenvalue weighted by Gasteiger charge is -2.37. The molecule has 0 aliphatic carbocycles. The van der Waals surface area contributed by atoms with Crippen molar-refractivity contribution in [1.29, 1.82) is 0 Å². The predicted octanol–water partition coefficient (Wildman–Crippen LogP) is 3.17. The van der Waals surface area contributed by atoms with E-state index in [1.165, 1.54) is 0 Å². The molecule has 0 radical (unpaired) electrons. The highest BCUT2D eigenvalue weighted by Crippen LogP contribution is 2.31. The van der Waals surface area contributed by atoms with E-state index < -0.39 is 0 Å². The van der Waals surface area contributed by atoms with Crippen LogP contribution in [0.4, 0.5) is 5.82 Å². The van der Waals surface area contributed by atoms with Gasteiger partial charge in [0.15, 0.2) is 11.5 Å². The second-order valence-corrected chi connectivity index (χ2v) is 8.62. The highest BCUT2D eigenvalue weighted by molar-refractivity contribution is 5.96. The number of para-hydroxylation sites is 1. The van der Waals surface area contributed by atoms with Crippen LogP contribution in [0.3, 0.4) is 0 Å². The Kier molecular flexibility index (Phi) is 4.33. The van der Waals surface area contributed by atoms with Crippen molar-refractivity contribution in [2.24, 2.45) is 5.73 Å². The van der Waals surface area contributed by atoms with Gasteiger partial charge in [-0.2, -0.15) is 5.10 Å². The predicted molar refractivity (Wildman–Crippen MR) is 133 cm³/mol. The van der Waals surface area contributed by atoms with Crippen LogP contribution >= 0.6 is 0 Å². The Labute approximate surface area is 199 Å². The minimum Gasteiger partial charge on any atom is -0.352 e. The molecule has 10 heteroatoms. The number of hydrogen-bond acceptors (Lipinski definition) is 8. The van der Waals surface area contributed by atoms with Gasteiger partial charge in [0.25, 0.3) is 0 Å². The molecule has 0 unspecified atom stereocenters. The van der Waals surface area contributed by atoms with Gasteiger partial charge in [-0.25, -0.2) is 15.0 Å². The summed E-state index contributed by atoms with van der Waals surface area (Å²) in [6, 6.07) is 14.1. The lowest BCUT2D eigenvalue weighted by molar-refractivity contribution is 0.514. The molecule has 0 amide bonds. The van der Waals surface area contributed by atoms with Gasteiger partial charge in [0.2, 0.25) is 0 Å². The van der Waals surface area contributed by atoms with Gasteiger partial charge in [0, 0.05) is 37.1 Å². The zero-order valence-corrected chi connectivity index (χ0v) is 18.6. The molecule has 1 fully saturated rings. The minimum atomic E-state index is 0.186. The van der Waals surface area contributed by atoms with Crippen LogP contribution in [0.1, 0.15) is 0 Å². The summed E-state index contributed by atoms with van der Waals surface area (Å²) in [4.78, 5) is 28.6. The molecule has 1 aliphatic rings. The van der Waals surface area contributed by atoms with E-state index in [0.717, 1.165) is 46.6 Å². The maximum atomic E-state index is 5.92. The van der Waals surface area contributed by atoms with Gasteiger partial charge in [-0.15, -0.1) is 0 Å². The Morgan fingerprint density at radius 3 is 2.57 bits per heavy atom. The van der Waals surface area contributed by atoms with Crippen molar-refractivity contribution in [1.82, 2.24) is 40.1 Å². The number of rotatable bonds is 4. The first-order chi connectivity index (χ1) is 17.2. The molecule has 1 aliphatic heterocycles. The number of nitrogens with one attached hydrogen (secondary N) is 2. The smallest absolute Gasteiger partial charge is 0.161 e. The molecule has 35 heavy (non-hydrogen) atoms. The maximum Gasteiger partial charge on any atom is 0.161 e. The zero-order chi connectivity index (χ0) is 23.4. The molecule has 0 saturated carbocycles. The highest BCUT2D eigenvalue weighted by atomic mass is 15.3. The molecule has 0 atom stereocenters. The van der Waals surface area contributed by atoms with Crippen molar-refractivity contribution in [3.05, 3.63) is 67.3 Å². The van der Waals surface area contributed by atoms with Crippen LogP contribution in [0.15, 0.2) is 67.3 Å². The Bertz CT molecular complexity index is 1680. The molecule has 1 aromatic carbocycles. The quantitative estimate of drug-likeness (QED) is 0.365. The fourth-order valence-corrected chi connectivity index (χ4v) is 4.45. The fraction of sp³-hybridized carbons (Fsp3) is 0.120. The van der Waals surface area contributed by atoms with E-state index in [-0.39, 0.29) is 6.04 Å². The number of fused-ring (bicyclic) bond motifs is 2. The molecule has 170 valence electrons. The van der Waals surface area contributed by atoms with Gasteiger partial charge in [0.05, 0.1) is 34.6 Å². The molecule has 5 aromatic heterocycles. The lowest BCUT2D eigenvalue weighted by atomic mass is 10.1. The summed E-state index contributed by atoms with van der Waals surface area (Å²) in [6.07, 6.45) is 7.04. The van der Waals surface area contributed by atoms with E-state index in [1.54, 1.807) is 24.8 Å². The van der Waals surface area contributed by atoms with Crippen LogP contribution in [-0.4, -0.2) is 59.2 Å². The summed E-state index contributed by atoms with van der Waals surface area (Å²) < 4.78 is 0. The molecular weight excluding hydrogens is 440 g/mol.